The van der Waals surface area contributed by atoms with Crippen LogP contribution in [0.15, 0.2) is 48.5 Å². The van der Waals surface area contributed by atoms with Gasteiger partial charge in [-0.15, -0.1) is 0 Å². The van der Waals surface area contributed by atoms with Gasteiger partial charge in [-0.2, -0.15) is 13.2 Å². The van der Waals surface area contributed by atoms with E-state index in [1.54, 1.807) is 11.0 Å². The number of halogens is 4. The quantitative estimate of drug-likeness (QED) is 0.833. The maximum Gasteiger partial charge on any atom is 0.417 e. The molecule has 0 spiro atoms. The van der Waals surface area contributed by atoms with Crippen LogP contribution >= 0.6 is 11.6 Å². The Labute approximate surface area is 160 Å². The second-order valence-corrected chi connectivity index (χ2v) is 6.69. The molecule has 1 aliphatic rings. The van der Waals surface area contributed by atoms with Gasteiger partial charge in [0.1, 0.15) is 0 Å². The molecule has 2 aromatic carbocycles. The number of anilines is 1. The second kappa shape index (κ2) is 8.08. The van der Waals surface area contributed by atoms with Gasteiger partial charge in [0.25, 0.3) is 0 Å². The van der Waals surface area contributed by atoms with Crippen molar-refractivity contribution in [2.24, 2.45) is 0 Å². The van der Waals surface area contributed by atoms with E-state index in [1.165, 1.54) is 6.07 Å². The zero-order valence-corrected chi connectivity index (χ0v) is 15.2. The molecule has 144 valence electrons. The lowest BCUT2D eigenvalue weighted by molar-refractivity contribution is -0.137. The predicted molar refractivity (Wildman–Crippen MR) is 98.9 cm³/mol. The van der Waals surface area contributed by atoms with Crippen molar-refractivity contribution in [2.75, 3.05) is 31.1 Å². The van der Waals surface area contributed by atoms with Crippen molar-refractivity contribution in [1.82, 2.24) is 10.2 Å². The summed E-state index contributed by atoms with van der Waals surface area (Å²) in [7, 11) is 0. The summed E-state index contributed by atoms with van der Waals surface area (Å²) >= 11 is 5.67. The minimum absolute atomic E-state index is 0.175. The normalized spacial score (nSPS) is 15.0. The van der Waals surface area contributed by atoms with Gasteiger partial charge in [-0.25, -0.2) is 4.79 Å². The molecule has 0 bridgehead atoms. The summed E-state index contributed by atoms with van der Waals surface area (Å²) in [4.78, 5) is 15.8. The number of carbonyl (C=O) groups excluding carboxylic acids is 1. The van der Waals surface area contributed by atoms with Crippen molar-refractivity contribution in [3.8, 4) is 0 Å². The van der Waals surface area contributed by atoms with E-state index in [9.17, 15) is 18.0 Å². The zero-order valence-electron chi connectivity index (χ0n) is 14.5. The fourth-order valence-electron chi connectivity index (χ4n) is 2.98. The van der Waals surface area contributed by atoms with E-state index in [2.05, 4.69) is 5.32 Å². The van der Waals surface area contributed by atoms with E-state index in [0.29, 0.717) is 38.4 Å². The Morgan fingerprint density at radius 2 is 1.70 bits per heavy atom. The number of benzene rings is 2. The molecule has 3 rings (SSSR count). The van der Waals surface area contributed by atoms with Gasteiger partial charge in [0.2, 0.25) is 0 Å². The number of alkyl halides is 3. The number of hydrogen-bond acceptors (Lipinski definition) is 2. The molecule has 27 heavy (non-hydrogen) atoms. The number of piperazine rings is 1. The van der Waals surface area contributed by atoms with Crippen molar-refractivity contribution < 1.29 is 18.0 Å². The number of urea groups is 1. The van der Waals surface area contributed by atoms with Crippen molar-refractivity contribution >= 4 is 23.3 Å². The van der Waals surface area contributed by atoms with E-state index in [1.807, 2.05) is 35.2 Å². The molecule has 0 aromatic heterocycles. The van der Waals surface area contributed by atoms with Gasteiger partial charge in [-0.05, 0) is 23.8 Å². The monoisotopic (exact) mass is 397 g/mol. The molecule has 0 aliphatic carbocycles. The summed E-state index contributed by atoms with van der Waals surface area (Å²) in [6.45, 7) is 2.22. The largest absolute Gasteiger partial charge is 0.417 e. The molecule has 1 saturated heterocycles. The van der Waals surface area contributed by atoms with Gasteiger partial charge in [0, 0.05) is 38.4 Å². The highest BCUT2D eigenvalue weighted by molar-refractivity contribution is 6.31. The molecule has 0 atom stereocenters. The van der Waals surface area contributed by atoms with Gasteiger partial charge in [-0.3, -0.25) is 0 Å². The fraction of sp³-hybridized carbons (Fsp3) is 0.316. The van der Waals surface area contributed by atoms with E-state index in [4.69, 9.17) is 11.6 Å². The molecule has 4 nitrogen and oxygen atoms in total. The molecule has 0 saturated carbocycles. The number of carbonyl (C=O) groups is 1. The van der Waals surface area contributed by atoms with Crippen LogP contribution in [-0.4, -0.2) is 37.1 Å². The maximum absolute atomic E-state index is 13.0. The summed E-state index contributed by atoms with van der Waals surface area (Å²) in [5.74, 6) is 0. The smallest absolute Gasteiger partial charge is 0.368 e. The van der Waals surface area contributed by atoms with Gasteiger partial charge < -0.3 is 15.1 Å². The number of amides is 2. The lowest BCUT2D eigenvalue weighted by Crippen LogP contribution is -2.51. The Hall–Kier alpha value is -2.41. The predicted octanol–water partition coefficient (Wildman–Crippen LogP) is 4.39. The van der Waals surface area contributed by atoms with E-state index < -0.39 is 11.7 Å². The van der Waals surface area contributed by atoms with Crippen LogP contribution in [0.5, 0.6) is 0 Å². The Morgan fingerprint density at radius 3 is 2.33 bits per heavy atom. The summed E-state index contributed by atoms with van der Waals surface area (Å²) in [6.07, 6.45) is -4.49. The first-order valence-corrected chi connectivity index (χ1v) is 8.91. The molecule has 0 radical (unpaired) electrons. The molecule has 2 amide bonds. The van der Waals surface area contributed by atoms with E-state index in [-0.39, 0.29) is 11.1 Å². The summed E-state index contributed by atoms with van der Waals surface area (Å²) in [6, 6.07) is 13.3. The number of rotatable bonds is 3. The van der Waals surface area contributed by atoms with Crippen LogP contribution in [0.25, 0.3) is 0 Å². The van der Waals surface area contributed by atoms with Crippen LogP contribution < -0.4 is 10.2 Å². The Morgan fingerprint density at radius 1 is 1.04 bits per heavy atom. The highest BCUT2D eigenvalue weighted by Gasteiger charge is 2.34. The van der Waals surface area contributed by atoms with Crippen molar-refractivity contribution in [3.05, 3.63) is 64.7 Å². The van der Waals surface area contributed by atoms with Crippen molar-refractivity contribution in [2.45, 2.75) is 12.7 Å². The number of nitrogens with zero attached hydrogens (tertiary/aromatic N) is 2. The molecule has 2 aromatic rings. The average molecular weight is 398 g/mol. The van der Waals surface area contributed by atoms with E-state index in [0.717, 1.165) is 11.6 Å². The van der Waals surface area contributed by atoms with Crippen molar-refractivity contribution in [3.63, 3.8) is 0 Å². The minimum atomic E-state index is -4.49. The lowest BCUT2D eigenvalue weighted by atomic mass is 10.1. The molecule has 1 aliphatic heterocycles. The first-order valence-electron chi connectivity index (χ1n) is 8.53. The van der Waals surface area contributed by atoms with Crippen molar-refractivity contribution in [1.29, 1.82) is 0 Å². The molecule has 1 heterocycles. The molecule has 1 fully saturated rings. The fourth-order valence-corrected chi connectivity index (χ4v) is 3.20. The standard InChI is InChI=1S/C19H19ClF3N3O/c20-17-7-6-15(12-16(17)19(21,22)23)25-8-10-26(11-9-25)18(27)24-13-14-4-2-1-3-5-14/h1-7,12H,8-11,13H2,(H,24,27). The molecule has 1 N–H and O–H groups in total. The first-order chi connectivity index (χ1) is 12.8. The summed E-state index contributed by atoms with van der Waals surface area (Å²) in [5.41, 5.74) is 0.617. The third kappa shape index (κ3) is 4.86. The Kier molecular flexibility index (Phi) is 5.79. The zero-order chi connectivity index (χ0) is 19.4. The molecular formula is C19H19ClF3N3O. The van der Waals surface area contributed by atoms with E-state index >= 15 is 0 Å². The van der Waals surface area contributed by atoms with Gasteiger partial charge >= 0.3 is 12.2 Å². The SMILES string of the molecule is O=C(NCc1ccccc1)N1CCN(c2ccc(Cl)c(C(F)(F)F)c2)CC1. The highest BCUT2D eigenvalue weighted by atomic mass is 35.5. The summed E-state index contributed by atoms with van der Waals surface area (Å²) < 4.78 is 39.1. The van der Waals surface area contributed by atoms with Crippen LogP contribution in [0.3, 0.4) is 0 Å². The lowest BCUT2D eigenvalue weighted by Gasteiger charge is -2.36. The van der Waals surface area contributed by atoms with Gasteiger partial charge in [0.05, 0.1) is 10.6 Å². The molecule has 0 unspecified atom stereocenters. The topological polar surface area (TPSA) is 35.6 Å². The Balaban J connectivity index is 1.56. The first kappa shape index (κ1) is 19.4. The number of hydrogen-bond donors (Lipinski definition) is 1. The minimum Gasteiger partial charge on any atom is -0.368 e. The van der Waals surface area contributed by atoms with Crippen LogP contribution in [0.1, 0.15) is 11.1 Å². The van der Waals surface area contributed by atoms with Crippen LogP contribution in [0, 0.1) is 0 Å². The van der Waals surface area contributed by atoms with Crippen LogP contribution in [0.4, 0.5) is 23.7 Å². The molecule has 8 heteroatoms. The van der Waals surface area contributed by atoms with Crippen LogP contribution in [0.2, 0.25) is 5.02 Å². The Bertz CT molecular complexity index is 791. The third-order valence-corrected chi connectivity index (χ3v) is 4.80. The summed E-state index contributed by atoms with van der Waals surface area (Å²) in [5, 5.41) is 2.55. The van der Waals surface area contributed by atoms with Gasteiger partial charge in [-0.1, -0.05) is 41.9 Å². The molecular weight excluding hydrogens is 379 g/mol. The van der Waals surface area contributed by atoms with Gasteiger partial charge in [0.15, 0.2) is 0 Å². The average Bonchev–Trinajstić information content (AvgIpc) is 2.66. The highest BCUT2D eigenvalue weighted by Crippen LogP contribution is 2.37. The third-order valence-electron chi connectivity index (χ3n) is 4.47. The number of nitrogens with one attached hydrogen (secondary N) is 1. The maximum atomic E-state index is 13.0. The second-order valence-electron chi connectivity index (χ2n) is 6.28. The van der Waals surface area contributed by atoms with Crippen LogP contribution in [-0.2, 0) is 12.7 Å².